The van der Waals surface area contributed by atoms with Crippen LogP contribution >= 0.6 is 12.4 Å². The van der Waals surface area contributed by atoms with Gasteiger partial charge in [-0.3, -0.25) is 9.59 Å². The third kappa shape index (κ3) is 6.45. The molecule has 0 heterocycles. The van der Waals surface area contributed by atoms with E-state index in [1.165, 1.54) is 0 Å². The Labute approximate surface area is 138 Å². The largest absolute Gasteiger partial charge is 0.346 e. The number of benzene rings is 1. The van der Waals surface area contributed by atoms with Crippen molar-refractivity contribution >= 4 is 29.9 Å². The van der Waals surface area contributed by atoms with E-state index in [0.29, 0.717) is 0 Å². The first-order chi connectivity index (χ1) is 9.74. The van der Waals surface area contributed by atoms with E-state index in [0.717, 1.165) is 17.7 Å². The van der Waals surface area contributed by atoms with Crippen LogP contribution in [0.5, 0.6) is 0 Å². The molecule has 1 aromatic rings. The topological polar surface area (TPSA) is 84.2 Å². The fraction of sp³-hybridized carbons (Fsp3) is 0.500. The number of amides is 2. The van der Waals surface area contributed by atoms with Gasteiger partial charge in [-0.2, -0.15) is 0 Å². The molecule has 0 fully saturated rings. The molecule has 0 unspecified atom stereocenters. The van der Waals surface area contributed by atoms with E-state index in [2.05, 4.69) is 17.6 Å². The van der Waals surface area contributed by atoms with Gasteiger partial charge in [0, 0.05) is 5.69 Å². The maximum atomic E-state index is 11.8. The lowest BCUT2D eigenvalue weighted by molar-refractivity contribution is -0.126. The van der Waals surface area contributed by atoms with Crippen molar-refractivity contribution in [3.8, 4) is 0 Å². The highest BCUT2D eigenvalue weighted by Gasteiger charge is 2.27. The summed E-state index contributed by atoms with van der Waals surface area (Å²) < 4.78 is 0. The van der Waals surface area contributed by atoms with Gasteiger partial charge in [-0.05, 0) is 29.5 Å². The number of carbonyl (C=O) groups is 2. The third-order valence-electron chi connectivity index (χ3n) is 3.26. The van der Waals surface area contributed by atoms with E-state index >= 15 is 0 Å². The lowest BCUT2D eigenvalue weighted by Crippen LogP contribution is -2.50. The van der Waals surface area contributed by atoms with E-state index in [9.17, 15) is 9.59 Å². The number of rotatable bonds is 5. The first kappa shape index (κ1) is 20.4. The van der Waals surface area contributed by atoms with Crippen LogP contribution in [0, 0.1) is 5.41 Å². The summed E-state index contributed by atoms with van der Waals surface area (Å²) in [6.45, 7) is 7.61. The minimum absolute atomic E-state index is 0. The lowest BCUT2D eigenvalue weighted by Gasteiger charge is -2.25. The maximum Gasteiger partial charge on any atom is 0.243 e. The molecule has 124 valence electrons. The number of nitrogens with one attached hydrogen (secondary N) is 2. The Kier molecular flexibility index (Phi) is 8.12. The smallest absolute Gasteiger partial charge is 0.243 e. The molecule has 0 saturated heterocycles. The summed E-state index contributed by atoms with van der Waals surface area (Å²) >= 11 is 0. The van der Waals surface area contributed by atoms with Crippen LogP contribution in [-0.4, -0.2) is 24.4 Å². The van der Waals surface area contributed by atoms with E-state index in [1.807, 2.05) is 45.0 Å². The highest BCUT2D eigenvalue weighted by atomic mass is 35.5. The minimum Gasteiger partial charge on any atom is -0.346 e. The summed E-state index contributed by atoms with van der Waals surface area (Å²) in [4.78, 5) is 23.7. The van der Waals surface area contributed by atoms with Crippen molar-refractivity contribution in [1.82, 2.24) is 5.32 Å². The van der Waals surface area contributed by atoms with Gasteiger partial charge in [0.2, 0.25) is 11.8 Å². The van der Waals surface area contributed by atoms with E-state index < -0.39 is 6.04 Å². The molecular weight excluding hydrogens is 302 g/mol. The predicted octanol–water partition coefficient (Wildman–Crippen LogP) is 2.10. The number of nitrogens with two attached hydrogens (primary N) is 1. The van der Waals surface area contributed by atoms with Crippen molar-refractivity contribution in [3.63, 3.8) is 0 Å². The molecule has 0 spiro atoms. The van der Waals surface area contributed by atoms with Crippen LogP contribution in [0.4, 0.5) is 5.69 Å². The fourth-order valence-electron chi connectivity index (χ4n) is 1.74. The molecule has 0 aliphatic rings. The molecule has 5 nitrogen and oxygen atoms in total. The fourth-order valence-corrected chi connectivity index (χ4v) is 1.74. The molecule has 1 aromatic carbocycles. The van der Waals surface area contributed by atoms with Gasteiger partial charge in [0.15, 0.2) is 0 Å². The van der Waals surface area contributed by atoms with Crippen LogP contribution in [0.3, 0.4) is 0 Å². The van der Waals surface area contributed by atoms with Crippen molar-refractivity contribution in [2.45, 2.75) is 40.2 Å². The normalized spacial score (nSPS) is 12.0. The van der Waals surface area contributed by atoms with Crippen LogP contribution in [0.2, 0.25) is 0 Å². The maximum absolute atomic E-state index is 11.8. The summed E-state index contributed by atoms with van der Waals surface area (Å²) in [5, 5.41) is 5.32. The molecule has 2 amide bonds. The summed E-state index contributed by atoms with van der Waals surface area (Å²) in [6, 6.07) is 6.98. The Balaban J connectivity index is 0.00000441. The molecule has 0 aromatic heterocycles. The standard InChI is InChI=1S/C16H25N3O2.ClH/c1-5-11-7-6-8-12(9-11)19-13(20)10-18-15(21)14(17)16(2,3)4;/h6-9,14H,5,10,17H2,1-4H3,(H,18,21)(H,19,20);1H/t14-;/m1./s1. The second-order valence-electron chi connectivity index (χ2n) is 6.16. The molecule has 0 aliphatic carbocycles. The first-order valence-electron chi connectivity index (χ1n) is 7.16. The second-order valence-corrected chi connectivity index (χ2v) is 6.16. The summed E-state index contributed by atoms with van der Waals surface area (Å²) in [5.41, 5.74) is 7.37. The molecule has 6 heteroatoms. The number of carbonyl (C=O) groups excluding carboxylic acids is 2. The molecule has 1 rings (SSSR count). The zero-order valence-corrected chi connectivity index (χ0v) is 14.4. The van der Waals surface area contributed by atoms with Crippen LogP contribution in [0.15, 0.2) is 24.3 Å². The van der Waals surface area contributed by atoms with Crippen LogP contribution in [0.25, 0.3) is 0 Å². The van der Waals surface area contributed by atoms with Gasteiger partial charge >= 0.3 is 0 Å². The van der Waals surface area contributed by atoms with Gasteiger partial charge in [-0.25, -0.2) is 0 Å². The summed E-state index contributed by atoms with van der Waals surface area (Å²) in [5.74, 6) is -0.585. The Morgan fingerprint density at radius 2 is 1.91 bits per heavy atom. The average Bonchev–Trinajstić information content (AvgIpc) is 2.43. The van der Waals surface area contributed by atoms with Crippen molar-refractivity contribution in [2.75, 3.05) is 11.9 Å². The third-order valence-corrected chi connectivity index (χ3v) is 3.26. The zero-order chi connectivity index (χ0) is 16.0. The highest BCUT2D eigenvalue weighted by molar-refractivity contribution is 5.95. The molecule has 1 atom stereocenters. The van der Waals surface area contributed by atoms with Crippen molar-refractivity contribution < 1.29 is 9.59 Å². The summed E-state index contributed by atoms with van der Waals surface area (Å²) in [7, 11) is 0. The van der Waals surface area contributed by atoms with E-state index in [1.54, 1.807) is 0 Å². The summed E-state index contributed by atoms with van der Waals surface area (Å²) in [6.07, 6.45) is 0.904. The SMILES string of the molecule is CCc1cccc(NC(=O)CNC(=O)[C@@H](N)C(C)(C)C)c1.Cl. The van der Waals surface area contributed by atoms with Gasteiger partial charge in [0.05, 0.1) is 12.6 Å². The van der Waals surface area contributed by atoms with Gasteiger partial charge in [0.1, 0.15) is 0 Å². The monoisotopic (exact) mass is 327 g/mol. The van der Waals surface area contributed by atoms with Crippen LogP contribution in [0.1, 0.15) is 33.3 Å². The first-order valence-corrected chi connectivity index (χ1v) is 7.16. The molecule has 4 N–H and O–H groups in total. The molecule has 0 radical (unpaired) electrons. The Bertz CT molecular complexity index is 512. The number of hydrogen-bond donors (Lipinski definition) is 3. The van der Waals surface area contributed by atoms with Gasteiger partial charge in [-0.1, -0.05) is 39.8 Å². The molecule has 0 bridgehead atoms. The van der Waals surface area contributed by atoms with E-state index in [-0.39, 0.29) is 36.2 Å². The van der Waals surface area contributed by atoms with Crippen LogP contribution in [-0.2, 0) is 16.0 Å². The van der Waals surface area contributed by atoms with Gasteiger partial charge in [-0.15, -0.1) is 12.4 Å². The predicted molar refractivity (Wildman–Crippen MR) is 92.1 cm³/mol. The zero-order valence-electron chi connectivity index (χ0n) is 13.6. The average molecular weight is 328 g/mol. The molecule has 22 heavy (non-hydrogen) atoms. The number of halogens is 1. The van der Waals surface area contributed by atoms with E-state index in [4.69, 9.17) is 5.73 Å². The van der Waals surface area contributed by atoms with Crippen molar-refractivity contribution in [3.05, 3.63) is 29.8 Å². The number of hydrogen-bond acceptors (Lipinski definition) is 3. The minimum atomic E-state index is -0.645. The Morgan fingerprint density at radius 1 is 1.27 bits per heavy atom. The lowest BCUT2D eigenvalue weighted by atomic mass is 9.87. The molecule has 0 aliphatic heterocycles. The van der Waals surface area contributed by atoms with Crippen molar-refractivity contribution in [1.29, 1.82) is 0 Å². The Hall–Kier alpha value is -1.59. The van der Waals surface area contributed by atoms with Gasteiger partial charge < -0.3 is 16.4 Å². The highest BCUT2D eigenvalue weighted by Crippen LogP contribution is 2.17. The second kappa shape index (κ2) is 8.76. The number of anilines is 1. The quantitative estimate of drug-likeness (QED) is 0.774. The van der Waals surface area contributed by atoms with Gasteiger partial charge in [0.25, 0.3) is 0 Å². The number of aryl methyl sites for hydroxylation is 1. The molecular formula is C16H26ClN3O2. The Morgan fingerprint density at radius 3 is 2.45 bits per heavy atom. The van der Waals surface area contributed by atoms with Crippen molar-refractivity contribution in [2.24, 2.45) is 11.1 Å². The molecule has 0 saturated carbocycles. The van der Waals surface area contributed by atoms with Crippen LogP contribution < -0.4 is 16.4 Å².